The summed E-state index contributed by atoms with van der Waals surface area (Å²) >= 11 is 0. The molecule has 1 unspecified atom stereocenters. The summed E-state index contributed by atoms with van der Waals surface area (Å²) in [5.41, 5.74) is 2.94. The Labute approximate surface area is 116 Å². The number of hydrogen-bond donors (Lipinski definition) is 1. The molecule has 19 heavy (non-hydrogen) atoms. The molecule has 0 radical (unpaired) electrons. The summed E-state index contributed by atoms with van der Waals surface area (Å²) in [7, 11) is 0. The number of allylic oxidation sites excluding steroid dienone is 1. The largest absolute Gasteiger partial charge is 0.287 e. The predicted molar refractivity (Wildman–Crippen MR) is 80.3 cm³/mol. The lowest BCUT2D eigenvalue weighted by Gasteiger charge is -2.38. The van der Waals surface area contributed by atoms with Gasteiger partial charge in [0.15, 0.2) is 12.8 Å². The van der Waals surface area contributed by atoms with E-state index in [0.29, 0.717) is 12.1 Å². The lowest BCUT2D eigenvalue weighted by atomic mass is 9.92. The minimum absolute atomic E-state index is 0.421. The number of nitrogens with zero attached hydrogens (tertiary/aromatic N) is 2. The Morgan fingerprint density at radius 3 is 3.00 bits per heavy atom. The second-order valence-electron chi connectivity index (χ2n) is 5.29. The molecule has 0 bridgehead atoms. The number of hydrogen-bond acceptors (Lipinski definition) is 2. The molecule has 2 rings (SSSR count). The topological polar surface area (TPSA) is 32.3 Å². The summed E-state index contributed by atoms with van der Waals surface area (Å²) < 4.78 is 1.71. The van der Waals surface area contributed by atoms with E-state index >= 15 is 0 Å². The van der Waals surface area contributed by atoms with Crippen molar-refractivity contribution in [3.8, 4) is 0 Å². The summed E-state index contributed by atoms with van der Waals surface area (Å²) in [4.78, 5) is 2.53. The van der Waals surface area contributed by atoms with Crippen molar-refractivity contribution in [3.05, 3.63) is 48.0 Å². The third-order valence-electron chi connectivity index (χ3n) is 3.98. The number of hydrazone groups is 1. The molecule has 1 aliphatic rings. The Bertz CT molecular complexity index is 479. The van der Waals surface area contributed by atoms with E-state index in [2.05, 4.69) is 49.6 Å². The van der Waals surface area contributed by atoms with Gasteiger partial charge in [0.1, 0.15) is 0 Å². The molecule has 3 heteroatoms. The SMILES string of the molecule is C=C/C=[N+](/N)CC(C)N1CCc2ccccc2[C@H]1C. The highest BCUT2D eigenvalue weighted by atomic mass is 15.3. The Morgan fingerprint density at radius 2 is 2.26 bits per heavy atom. The molecule has 0 aliphatic carbocycles. The summed E-state index contributed by atoms with van der Waals surface area (Å²) in [5.74, 6) is 5.91. The molecule has 2 atom stereocenters. The first-order valence-corrected chi connectivity index (χ1v) is 6.94. The van der Waals surface area contributed by atoms with Crippen LogP contribution in [0.4, 0.5) is 0 Å². The number of rotatable bonds is 4. The van der Waals surface area contributed by atoms with Crippen LogP contribution in [0.2, 0.25) is 0 Å². The van der Waals surface area contributed by atoms with E-state index < -0.39 is 0 Å². The zero-order valence-corrected chi connectivity index (χ0v) is 11.9. The van der Waals surface area contributed by atoms with E-state index in [9.17, 15) is 0 Å². The van der Waals surface area contributed by atoms with Gasteiger partial charge in [-0.2, -0.15) is 0 Å². The quantitative estimate of drug-likeness (QED) is 0.388. The minimum Gasteiger partial charge on any atom is -0.287 e. The first kappa shape index (κ1) is 13.8. The maximum atomic E-state index is 5.91. The van der Waals surface area contributed by atoms with Crippen LogP contribution in [-0.4, -0.2) is 34.9 Å². The summed E-state index contributed by atoms with van der Waals surface area (Å²) in [6.45, 7) is 10.1. The van der Waals surface area contributed by atoms with Crippen LogP contribution in [0.3, 0.4) is 0 Å². The van der Waals surface area contributed by atoms with E-state index in [1.54, 1.807) is 10.8 Å². The molecule has 0 spiro atoms. The van der Waals surface area contributed by atoms with Crippen LogP contribution in [0.25, 0.3) is 0 Å². The average Bonchev–Trinajstić information content (AvgIpc) is 2.39. The van der Waals surface area contributed by atoms with E-state index in [4.69, 9.17) is 5.84 Å². The Morgan fingerprint density at radius 1 is 1.53 bits per heavy atom. The number of nitrogens with two attached hydrogens (primary N) is 1. The maximum absolute atomic E-state index is 5.91. The maximum Gasteiger partial charge on any atom is 0.192 e. The third kappa shape index (κ3) is 3.04. The molecule has 102 valence electrons. The molecular weight excluding hydrogens is 234 g/mol. The van der Waals surface area contributed by atoms with E-state index in [1.165, 1.54) is 11.1 Å². The highest BCUT2D eigenvalue weighted by Crippen LogP contribution is 2.30. The van der Waals surface area contributed by atoms with Crippen LogP contribution in [0.1, 0.15) is 31.0 Å². The van der Waals surface area contributed by atoms with Gasteiger partial charge in [0.05, 0.1) is 6.04 Å². The van der Waals surface area contributed by atoms with Crippen molar-refractivity contribution in [1.29, 1.82) is 0 Å². The van der Waals surface area contributed by atoms with Gasteiger partial charge < -0.3 is 0 Å². The fraction of sp³-hybridized carbons (Fsp3) is 0.438. The fourth-order valence-corrected chi connectivity index (χ4v) is 3.00. The van der Waals surface area contributed by atoms with E-state index in [0.717, 1.165) is 19.5 Å². The van der Waals surface area contributed by atoms with Crippen LogP contribution in [-0.2, 0) is 6.42 Å². The zero-order valence-electron chi connectivity index (χ0n) is 11.9. The van der Waals surface area contributed by atoms with Crippen molar-refractivity contribution in [3.63, 3.8) is 0 Å². The molecule has 1 aliphatic heterocycles. The predicted octanol–water partition coefficient (Wildman–Crippen LogP) is 2.14. The van der Waals surface area contributed by atoms with Gasteiger partial charge in [-0.3, -0.25) is 4.90 Å². The molecule has 0 saturated heterocycles. The van der Waals surface area contributed by atoms with Gasteiger partial charge in [0.2, 0.25) is 0 Å². The number of fused-ring (bicyclic) bond motifs is 1. The lowest BCUT2D eigenvalue weighted by Crippen LogP contribution is -2.45. The van der Waals surface area contributed by atoms with Gasteiger partial charge in [-0.25, -0.2) is 5.84 Å². The van der Waals surface area contributed by atoms with Crippen molar-refractivity contribution >= 4 is 6.21 Å². The first-order valence-electron chi connectivity index (χ1n) is 6.94. The molecule has 0 saturated carbocycles. The van der Waals surface area contributed by atoms with Crippen LogP contribution in [0.5, 0.6) is 0 Å². The van der Waals surface area contributed by atoms with Crippen molar-refractivity contribution in [2.75, 3.05) is 13.1 Å². The molecular formula is C16H24N3+. The Hall–Kier alpha value is -1.61. The molecule has 1 aromatic rings. The molecule has 1 heterocycles. The van der Waals surface area contributed by atoms with E-state index in [-0.39, 0.29) is 0 Å². The van der Waals surface area contributed by atoms with Crippen molar-refractivity contribution in [2.24, 2.45) is 5.84 Å². The van der Waals surface area contributed by atoms with Crippen LogP contribution >= 0.6 is 0 Å². The highest BCUT2D eigenvalue weighted by Gasteiger charge is 2.28. The molecule has 0 fully saturated rings. The van der Waals surface area contributed by atoms with Crippen LogP contribution in [0, 0.1) is 0 Å². The second-order valence-corrected chi connectivity index (χ2v) is 5.29. The highest BCUT2D eigenvalue weighted by molar-refractivity contribution is 5.64. The molecule has 1 aromatic carbocycles. The standard InChI is InChI=1S/C16H24N3/c1-4-10-18(17)12-13(2)19-11-9-15-7-5-6-8-16(15)14(19)3/h4-8,10,13-14H,1,9,11-12,17H2,2-3H3/q+1/b18-10+/t13?,14-/m1/s1. The van der Waals surface area contributed by atoms with Gasteiger partial charge >= 0.3 is 0 Å². The molecule has 3 nitrogen and oxygen atoms in total. The van der Waals surface area contributed by atoms with Gasteiger partial charge in [-0.15, -0.1) is 4.68 Å². The zero-order chi connectivity index (χ0) is 13.8. The number of hydrazine groups is 1. The monoisotopic (exact) mass is 258 g/mol. The van der Waals surface area contributed by atoms with E-state index in [1.807, 2.05) is 6.21 Å². The fourth-order valence-electron chi connectivity index (χ4n) is 3.00. The smallest absolute Gasteiger partial charge is 0.192 e. The summed E-state index contributed by atoms with van der Waals surface area (Å²) in [6.07, 6.45) is 4.67. The first-order chi connectivity index (χ1) is 9.13. The van der Waals surface area contributed by atoms with Gasteiger partial charge in [0.25, 0.3) is 0 Å². The molecule has 0 aromatic heterocycles. The van der Waals surface area contributed by atoms with Crippen molar-refractivity contribution in [1.82, 2.24) is 4.90 Å². The third-order valence-corrected chi connectivity index (χ3v) is 3.98. The minimum atomic E-state index is 0.421. The van der Waals surface area contributed by atoms with Crippen LogP contribution < -0.4 is 5.84 Å². The molecule has 2 N–H and O–H groups in total. The van der Waals surface area contributed by atoms with Gasteiger partial charge in [-0.1, -0.05) is 30.8 Å². The molecule has 0 amide bonds. The number of benzene rings is 1. The van der Waals surface area contributed by atoms with Crippen molar-refractivity contribution in [2.45, 2.75) is 32.4 Å². The van der Waals surface area contributed by atoms with Gasteiger partial charge in [-0.05, 0) is 37.5 Å². The van der Waals surface area contributed by atoms with Gasteiger partial charge in [0, 0.05) is 12.6 Å². The summed E-state index contributed by atoms with van der Waals surface area (Å²) in [6, 6.07) is 9.63. The average molecular weight is 258 g/mol. The summed E-state index contributed by atoms with van der Waals surface area (Å²) in [5, 5.41) is 0. The Balaban J connectivity index is 2.11. The van der Waals surface area contributed by atoms with Crippen LogP contribution in [0.15, 0.2) is 36.9 Å². The normalized spacial score (nSPS) is 21.8. The lowest BCUT2D eigenvalue weighted by molar-refractivity contribution is -0.540. The van der Waals surface area contributed by atoms with Crippen molar-refractivity contribution < 1.29 is 4.68 Å². The Kier molecular flexibility index (Phi) is 4.38. The second kappa shape index (κ2) is 6.02.